The second-order valence-electron chi connectivity index (χ2n) is 6.67. The molecule has 30 heavy (non-hydrogen) atoms. The molecule has 0 bridgehead atoms. The maximum Gasteiger partial charge on any atom is 0.233 e. The maximum absolute atomic E-state index is 11.8. The van der Waals surface area contributed by atoms with Crippen molar-refractivity contribution in [1.29, 1.82) is 0 Å². The van der Waals surface area contributed by atoms with Gasteiger partial charge in [0.25, 0.3) is 0 Å². The van der Waals surface area contributed by atoms with Crippen molar-refractivity contribution in [2.24, 2.45) is 0 Å². The van der Waals surface area contributed by atoms with Gasteiger partial charge in [0.1, 0.15) is 11.4 Å². The average Bonchev–Trinajstić information content (AvgIpc) is 3.18. The zero-order valence-electron chi connectivity index (χ0n) is 16.1. The Morgan fingerprint density at radius 3 is 2.23 bits per heavy atom. The van der Waals surface area contributed by atoms with Gasteiger partial charge in [-0.3, -0.25) is 0 Å². The lowest BCUT2D eigenvalue weighted by Crippen LogP contribution is -1.97. The Morgan fingerprint density at radius 1 is 0.900 bits per heavy atom. The Hall–Kier alpha value is -3.09. The van der Waals surface area contributed by atoms with Crippen LogP contribution in [0, 0.1) is 0 Å². The van der Waals surface area contributed by atoms with Gasteiger partial charge >= 0.3 is 0 Å². The summed E-state index contributed by atoms with van der Waals surface area (Å²) in [7, 11) is -3.28. The van der Waals surface area contributed by atoms with E-state index >= 15 is 0 Å². The molecule has 0 radical (unpaired) electrons. The topological polar surface area (TPSA) is 69.4 Å². The molecule has 7 heteroatoms. The molecule has 0 saturated heterocycles. The third kappa shape index (κ3) is 4.40. The van der Waals surface area contributed by atoms with E-state index in [1.807, 2.05) is 42.5 Å². The fraction of sp³-hybridized carbons (Fsp3) is 0.0870. The SMILES string of the molecule is CS(=O)(=O)c1ccc(-c2nc(COc3ccccc3Cl)oc2-c2ccccc2)cc1. The Kier molecular flexibility index (Phi) is 5.61. The molecule has 1 aromatic heterocycles. The molecule has 0 saturated carbocycles. The molecule has 5 nitrogen and oxygen atoms in total. The number of para-hydroxylation sites is 1. The van der Waals surface area contributed by atoms with Gasteiger partial charge in [-0.2, -0.15) is 0 Å². The normalized spacial score (nSPS) is 11.4. The van der Waals surface area contributed by atoms with Crippen LogP contribution in [0.25, 0.3) is 22.6 Å². The standard InChI is InChI=1S/C23H18ClNO4S/c1-30(26,27)18-13-11-16(12-14-18)22-23(17-7-3-2-4-8-17)29-21(25-22)15-28-20-10-6-5-9-19(20)24/h2-14H,15H2,1H3. The van der Waals surface area contributed by atoms with Gasteiger partial charge in [-0.1, -0.05) is 66.2 Å². The first kappa shape index (κ1) is 20.2. The summed E-state index contributed by atoms with van der Waals surface area (Å²) in [5, 5.41) is 0.504. The third-order valence-corrected chi connectivity index (χ3v) is 5.89. The fourth-order valence-electron chi connectivity index (χ4n) is 2.97. The predicted octanol–water partition coefficient (Wildman–Crippen LogP) is 5.64. The van der Waals surface area contributed by atoms with Crippen molar-refractivity contribution in [1.82, 2.24) is 4.98 Å². The second kappa shape index (κ2) is 8.34. The van der Waals surface area contributed by atoms with Crippen LogP contribution in [0.1, 0.15) is 5.89 Å². The molecule has 1 heterocycles. The summed E-state index contributed by atoms with van der Waals surface area (Å²) in [6.45, 7) is 0.102. The Balaban J connectivity index is 1.70. The molecule has 152 valence electrons. The number of sulfone groups is 1. The van der Waals surface area contributed by atoms with Crippen LogP contribution in [0.3, 0.4) is 0 Å². The lowest BCUT2D eigenvalue weighted by atomic mass is 10.1. The number of nitrogens with zero attached hydrogens (tertiary/aromatic N) is 1. The van der Waals surface area contributed by atoms with Gasteiger partial charge in [-0.05, 0) is 24.3 Å². The van der Waals surface area contributed by atoms with Crippen LogP contribution in [0.5, 0.6) is 5.75 Å². The molecular weight excluding hydrogens is 422 g/mol. The Bertz CT molecular complexity index is 1270. The van der Waals surface area contributed by atoms with Gasteiger partial charge < -0.3 is 9.15 Å². The zero-order valence-corrected chi connectivity index (χ0v) is 17.7. The van der Waals surface area contributed by atoms with Crippen molar-refractivity contribution < 1.29 is 17.6 Å². The van der Waals surface area contributed by atoms with Crippen molar-refractivity contribution >= 4 is 21.4 Å². The Morgan fingerprint density at radius 2 is 1.57 bits per heavy atom. The first-order chi connectivity index (χ1) is 14.4. The van der Waals surface area contributed by atoms with Crippen LogP contribution < -0.4 is 4.74 Å². The fourth-order valence-corrected chi connectivity index (χ4v) is 3.79. The quantitative estimate of drug-likeness (QED) is 0.388. The lowest BCUT2D eigenvalue weighted by Gasteiger charge is -2.04. The highest BCUT2D eigenvalue weighted by Crippen LogP contribution is 2.34. The third-order valence-electron chi connectivity index (χ3n) is 4.45. The summed E-state index contributed by atoms with van der Waals surface area (Å²) < 4.78 is 35.3. The van der Waals surface area contributed by atoms with Gasteiger partial charge in [-0.15, -0.1) is 0 Å². The van der Waals surface area contributed by atoms with Gasteiger partial charge in [0.15, 0.2) is 22.2 Å². The molecule has 0 unspecified atom stereocenters. The van der Waals surface area contributed by atoms with Crippen LogP contribution in [0.4, 0.5) is 0 Å². The highest BCUT2D eigenvalue weighted by molar-refractivity contribution is 7.90. The summed E-state index contributed by atoms with van der Waals surface area (Å²) in [5.74, 6) is 1.51. The minimum atomic E-state index is -3.28. The van der Waals surface area contributed by atoms with Crippen molar-refractivity contribution in [3.8, 4) is 28.3 Å². The number of halogens is 1. The van der Waals surface area contributed by atoms with E-state index < -0.39 is 9.84 Å². The largest absolute Gasteiger partial charge is 0.482 e. The second-order valence-corrected chi connectivity index (χ2v) is 9.09. The van der Waals surface area contributed by atoms with E-state index in [4.69, 9.17) is 20.8 Å². The van der Waals surface area contributed by atoms with E-state index in [2.05, 4.69) is 4.98 Å². The summed E-state index contributed by atoms with van der Waals surface area (Å²) in [5.41, 5.74) is 2.21. The monoisotopic (exact) mass is 439 g/mol. The zero-order chi connectivity index (χ0) is 21.1. The molecule has 4 aromatic rings. The first-order valence-electron chi connectivity index (χ1n) is 9.15. The maximum atomic E-state index is 11.8. The summed E-state index contributed by atoms with van der Waals surface area (Å²) in [4.78, 5) is 4.86. The van der Waals surface area contributed by atoms with Crippen molar-refractivity contribution in [3.63, 3.8) is 0 Å². The van der Waals surface area contributed by atoms with Gasteiger partial charge in [0.2, 0.25) is 5.89 Å². The van der Waals surface area contributed by atoms with Crippen molar-refractivity contribution in [3.05, 3.63) is 89.8 Å². The molecule has 4 rings (SSSR count). The molecule has 0 spiro atoms. The molecule has 0 aliphatic carbocycles. The van der Waals surface area contributed by atoms with E-state index in [9.17, 15) is 8.42 Å². The molecule has 3 aromatic carbocycles. The van der Waals surface area contributed by atoms with Crippen LogP contribution in [-0.4, -0.2) is 19.7 Å². The Labute approximate surface area is 179 Å². The number of benzene rings is 3. The van der Waals surface area contributed by atoms with E-state index in [1.165, 1.54) is 6.26 Å². The lowest BCUT2D eigenvalue weighted by molar-refractivity contribution is 0.265. The molecule has 0 aliphatic rings. The van der Waals surface area contributed by atoms with Gasteiger partial charge in [0.05, 0.1) is 9.92 Å². The number of aromatic nitrogens is 1. The molecular formula is C23H18ClNO4S. The van der Waals surface area contributed by atoms with Crippen LogP contribution >= 0.6 is 11.6 Å². The van der Waals surface area contributed by atoms with E-state index in [-0.39, 0.29) is 11.5 Å². The van der Waals surface area contributed by atoms with Crippen LogP contribution in [0.2, 0.25) is 5.02 Å². The number of oxazole rings is 1. The predicted molar refractivity (Wildman–Crippen MR) is 116 cm³/mol. The summed E-state index contributed by atoms with van der Waals surface area (Å²) in [6, 6.07) is 23.3. The summed E-state index contributed by atoms with van der Waals surface area (Å²) >= 11 is 6.15. The number of ether oxygens (including phenoxy) is 1. The number of rotatable bonds is 6. The molecule has 0 N–H and O–H groups in total. The minimum absolute atomic E-state index is 0.102. The number of hydrogen-bond acceptors (Lipinski definition) is 5. The van der Waals surface area contributed by atoms with Crippen molar-refractivity contribution in [2.45, 2.75) is 11.5 Å². The molecule has 0 amide bonds. The van der Waals surface area contributed by atoms with E-state index in [0.29, 0.717) is 28.1 Å². The molecule has 0 atom stereocenters. The first-order valence-corrected chi connectivity index (χ1v) is 11.4. The van der Waals surface area contributed by atoms with Crippen LogP contribution in [-0.2, 0) is 16.4 Å². The van der Waals surface area contributed by atoms with E-state index in [1.54, 1.807) is 36.4 Å². The van der Waals surface area contributed by atoms with E-state index in [0.717, 1.165) is 11.1 Å². The molecule has 0 aliphatic heterocycles. The highest BCUT2D eigenvalue weighted by atomic mass is 35.5. The van der Waals surface area contributed by atoms with Crippen molar-refractivity contribution in [2.75, 3.05) is 6.26 Å². The van der Waals surface area contributed by atoms with Gasteiger partial charge in [-0.25, -0.2) is 13.4 Å². The average molecular weight is 440 g/mol. The molecule has 0 fully saturated rings. The number of hydrogen-bond donors (Lipinski definition) is 0. The highest BCUT2D eigenvalue weighted by Gasteiger charge is 2.18. The minimum Gasteiger partial charge on any atom is -0.482 e. The van der Waals surface area contributed by atoms with Crippen LogP contribution in [0.15, 0.2) is 88.2 Å². The smallest absolute Gasteiger partial charge is 0.233 e. The summed E-state index contributed by atoms with van der Waals surface area (Å²) in [6.07, 6.45) is 1.18. The van der Waals surface area contributed by atoms with Gasteiger partial charge in [0, 0.05) is 17.4 Å².